The van der Waals surface area contributed by atoms with Crippen molar-refractivity contribution in [3.63, 3.8) is 0 Å². The lowest BCUT2D eigenvalue weighted by Crippen LogP contribution is -2.40. The molecule has 1 aromatic heterocycles. The van der Waals surface area contributed by atoms with E-state index in [0.717, 1.165) is 7.28 Å². The molecule has 9 aromatic rings. The Morgan fingerprint density at radius 3 is 1.94 bits per heavy atom. The SMILES string of the molecule is CC(C)(C)c1ccc(N2C3=C(Bc4c(-c5cc6ccccc6c6c5[nH]c5ccccc56)cc5c(c42)C(C)(C)c2ccccc2-5)C(C)(C)c2cc4c(cc23)C(C)(C)CCC4(C)C)c(-c2ccccc2)c1. The van der Waals surface area contributed by atoms with Gasteiger partial charge in [0.1, 0.15) is 0 Å². The molecule has 2 heterocycles. The number of nitrogens with one attached hydrogen (secondary N) is 1. The second-order valence-corrected chi connectivity index (χ2v) is 24.4. The molecule has 1 N–H and O–H groups in total. The maximum Gasteiger partial charge on any atom is 0.194 e. The number of nitrogens with zero attached hydrogens (tertiary/aromatic N) is 1. The van der Waals surface area contributed by atoms with Crippen molar-refractivity contribution in [1.29, 1.82) is 0 Å². The molecule has 0 saturated heterocycles. The van der Waals surface area contributed by atoms with Gasteiger partial charge in [0.2, 0.25) is 0 Å². The van der Waals surface area contributed by atoms with E-state index in [1.165, 1.54) is 146 Å². The Bertz CT molecular complexity index is 3730. The number of rotatable bonds is 3. The van der Waals surface area contributed by atoms with Crippen molar-refractivity contribution in [2.24, 2.45) is 0 Å². The third-order valence-electron chi connectivity index (χ3n) is 17.7. The molecule has 2 nitrogen and oxygen atoms in total. The largest absolute Gasteiger partial charge is 0.354 e. The summed E-state index contributed by atoms with van der Waals surface area (Å²) in [4.78, 5) is 6.86. The Morgan fingerprint density at radius 2 is 1.19 bits per heavy atom. The second-order valence-electron chi connectivity index (χ2n) is 24.4. The zero-order chi connectivity index (χ0) is 47.7. The van der Waals surface area contributed by atoms with E-state index >= 15 is 0 Å². The molecular weight excluding hydrogens is 832 g/mol. The molecule has 8 aromatic carbocycles. The van der Waals surface area contributed by atoms with E-state index in [2.05, 4.69) is 232 Å². The molecule has 3 aliphatic carbocycles. The van der Waals surface area contributed by atoms with E-state index in [1.807, 2.05) is 0 Å². The Morgan fingerprint density at radius 1 is 0.522 bits per heavy atom. The molecule has 0 fully saturated rings. The Kier molecular flexibility index (Phi) is 8.65. The highest BCUT2D eigenvalue weighted by Gasteiger charge is 2.50. The summed E-state index contributed by atoms with van der Waals surface area (Å²) in [5.41, 5.74) is 26.7. The van der Waals surface area contributed by atoms with E-state index in [9.17, 15) is 0 Å². The first kappa shape index (κ1) is 42.5. The van der Waals surface area contributed by atoms with Gasteiger partial charge in [-0.25, -0.2) is 0 Å². The monoisotopic (exact) mass is 895 g/mol. The summed E-state index contributed by atoms with van der Waals surface area (Å²) in [7, 11) is 0.852. The summed E-state index contributed by atoms with van der Waals surface area (Å²) in [6, 6.07) is 56.3. The first-order valence-electron chi connectivity index (χ1n) is 25.5. The number of aromatic amines is 1. The van der Waals surface area contributed by atoms with Gasteiger partial charge >= 0.3 is 0 Å². The van der Waals surface area contributed by atoms with Gasteiger partial charge in [0.15, 0.2) is 7.28 Å². The quantitative estimate of drug-likeness (QED) is 0.175. The normalized spacial score (nSPS) is 17.9. The Labute approximate surface area is 409 Å². The smallest absolute Gasteiger partial charge is 0.194 e. The van der Waals surface area contributed by atoms with E-state index in [0.29, 0.717) is 0 Å². The van der Waals surface area contributed by atoms with Crippen LogP contribution in [0.5, 0.6) is 0 Å². The van der Waals surface area contributed by atoms with Crippen LogP contribution in [0.25, 0.3) is 71.7 Å². The van der Waals surface area contributed by atoms with Gasteiger partial charge in [0, 0.05) is 55.2 Å². The predicted octanol–water partition coefficient (Wildman–Crippen LogP) is 16.6. The third kappa shape index (κ3) is 5.86. The molecule has 0 spiro atoms. The van der Waals surface area contributed by atoms with Crippen LogP contribution in [0.15, 0.2) is 151 Å². The van der Waals surface area contributed by atoms with Crippen molar-refractivity contribution in [1.82, 2.24) is 4.98 Å². The molecule has 0 amide bonds. The van der Waals surface area contributed by atoms with Crippen LogP contribution in [0.4, 0.5) is 11.4 Å². The summed E-state index contributed by atoms with van der Waals surface area (Å²) in [5, 5.41) is 5.12. The summed E-state index contributed by atoms with van der Waals surface area (Å²) < 4.78 is 0. The minimum Gasteiger partial charge on any atom is -0.354 e. The minimum absolute atomic E-state index is 0.0369. The minimum atomic E-state index is -0.276. The average molecular weight is 895 g/mol. The van der Waals surface area contributed by atoms with Gasteiger partial charge in [0.25, 0.3) is 0 Å². The lowest BCUT2D eigenvalue weighted by molar-refractivity contribution is 0.331. The summed E-state index contributed by atoms with van der Waals surface area (Å²) in [5.74, 6) is 0. The first-order valence-corrected chi connectivity index (χ1v) is 25.5. The summed E-state index contributed by atoms with van der Waals surface area (Å²) in [6.07, 6.45) is 2.37. The molecule has 1 aliphatic heterocycles. The van der Waals surface area contributed by atoms with E-state index in [1.54, 1.807) is 0 Å². The van der Waals surface area contributed by atoms with Crippen molar-refractivity contribution in [2.75, 3.05) is 4.90 Å². The number of aromatic nitrogens is 1. The second kappa shape index (κ2) is 14.0. The van der Waals surface area contributed by atoms with Crippen molar-refractivity contribution < 1.29 is 0 Å². The number of para-hydroxylation sites is 1. The molecular formula is C66H63BN2. The molecule has 0 bridgehead atoms. The van der Waals surface area contributed by atoms with Crippen LogP contribution in [0.2, 0.25) is 0 Å². The maximum absolute atomic E-state index is 4.04. The maximum atomic E-state index is 4.04. The van der Waals surface area contributed by atoms with Gasteiger partial charge in [-0.05, 0) is 137 Å². The van der Waals surface area contributed by atoms with Gasteiger partial charge in [-0.15, -0.1) is 0 Å². The molecule has 0 unspecified atom stereocenters. The highest BCUT2D eigenvalue weighted by atomic mass is 15.2. The zero-order valence-electron chi connectivity index (χ0n) is 42.4. The highest BCUT2D eigenvalue weighted by Crippen LogP contribution is 2.61. The van der Waals surface area contributed by atoms with Crippen molar-refractivity contribution in [3.8, 4) is 33.4 Å². The summed E-state index contributed by atoms with van der Waals surface area (Å²) in [6.45, 7) is 27.0. The zero-order valence-corrected chi connectivity index (χ0v) is 42.4. The van der Waals surface area contributed by atoms with Crippen LogP contribution >= 0.6 is 0 Å². The lowest BCUT2D eigenvalue weighted by atomic mass is 9.51. The van der Waals surface area contributed by atoms with Gasteiger partial charge in [-0.1, -0.05) is 191 Å². The highest BCUT2D eigenvalue weighted by molar-refractivity contribution is 6.68. The molecule has 3 heteroatoms. The molecule has 0 saturated carbocycles. The molecule has 0 atom stereocenters. The number of allylic oxidation sites excluding steroid dienone is 1. The molecule has 4 aliphatic rings. The van der Waals surface area contributed by atoms with Crippen LogP contribution in [0.1, 0.15) is 128 Å². The molecule has 0 radical (unpaired) electrons. The number of hydrogen-bond donors (Lipinski definition) is 1. The third-order valence-corrected chi connectivity index (χ3v) is 17.7. The van der Waals surface area contributed by atoms with E-state index < -0.39 is 0 Å². The van der Waals surface area contributed by atoms with Gasteiger partial charge in [0.05, 0.1) is 11.2 Å². The number of H-pyrrole nitrogens is 1. The van der Waals surface area contributed by atoms with Crippen LogP contribution in [-0.2, 0) is 27.1 Å². The summed E-state index contributed by atoms with van der Waals surface area (Å²) >= 11 is 0. The van der Waals surface area contributed by atoms with Crippen molar-refractivity contribution in [3.05, 3.63) is 190 Å². The van der Waals surface area contributed by atoms with E-state index in [4.69, 9.17) is 0 Å². The van der Waals surface area contributed by atoms with Gasteiger partial charge < -0.3 is 9.88 Å². The number of anilines is 2. The van der Waals surface area contributed by atoms with Crippen molar-refractivity contribution in [2.45, 2.75) is 116 Å². The van der Waals surface area contributed by atoms with Gasteiger partial charge in [-0.3, -0.25) is 0 Å². The molecule has 13 rings (SSSR count). The fourth-order valence-corrected chi connectivity index (χ4v) is 13.6. The van der Waals surface area contributed by atoms with Crippen molar-refractivity contribution >= 4 is 62.4 Å². The average Bonchev–Trinajstić information content (AvgIpc) is 3.91. The molecule has 69 heavy (non-hydrogen) atoms. The van der Waals surface area contributed by atoms with E-state index in [-0.39, 0.29) is 27.1 Å². The predicted molar refractivity (Wildman–Crippen MR) is 297 cm³/mol. The van der Waals surface area contributed by atoms with Gasteiger partial charge in [-0.2, -0.15) is 0 Å². The number of fused-ring (bicyclic) bond motifs is 13. The fourth-order valence-electron chi connectivity index (χ4n) is 13.6. The fraction of sp³-hybridized carbons (Fsp3) is 0.273. The van der Waals surface area contributed by atoms with Crippen LogP contribution in [0, 0.1) is 0 Å². The lowest BCUT2D eigenvalue weighted by Gasteiger charge is -2.43. The Hall–Kier alpha value is -6.58. The Balaban J connectivity index is 1.22. The van der Waals surface area contributed by atoms with Crippen LogP contribution in [0.3, 0.4) is 0 Å². The topological polar surface area (TPSA) is 19.0 Å². The number of hydrogen-bond acceptors (Lipinski definition) is 1. The standard InChI is InChI=1S/C66H63BN2/c1-62(2,3)40-29-30-54(44(34-40)38-21-13-12-14-22-38)69-59-48-36-51-52(64(6,7)32-31-63(51,4)5)37-50(48)66(10,11)61(59)67-57-46(35-45-42-25-17-19-27-49(42)65(8,9)56(45)60(57)69)47-33-39-23-15-16-24-41(39)55-43-26-18-20-28-53(43)68-58(47)55/h12-30,33-37,67-68H,31-32H2,1-11H3. The first-order chi connectivity index (χ1) is 32.9. The molecule has 340 valence electrons. The van der Waals surface area contributed by atoms with Crippen LogP contribution < -0.4 is 10.4 Å². The number of benzene rings is 8. The van der Waals surface area contributed by atoms with Crippen LogP contribution in [-0.4, -0.2) is 12.3 Å².